The largest absolute Gasteiger partial charge is 0.416 e. The Morgan fingerprint density at radius 3 is 2.32 bits per heavy atom. The summed E-state index contributed by atoms with van der Waals surface area (Å²) < 4.78 is 50.1. The molecule has 22 heavy (non-hydrogen) atoms. The highest BCUT2D eigenvalue weighted by Gasteiger charge is 2.29. The Kier molecular flexibility index (Phi) is 4.60. The van der Waals surface area contributed by atoms with Crippen molar-refractivity contribution in [3.63, 3.8) is 0 Å². The molecular formula is C16H11F4NO. The normalized spacial score (nSPS) is 11.6. The van der Waals surface area contributed by atoms with Gasteiger partial charge in [-0.05, 0) is 42.0 Å². The molecule has 0 aliphatic heterocycles. The molecule has 2 aromatic carbocycles. The maximum Gasteiger partial charge on any atom is 0.416 e. The van der Waals surface area contributed by atoms with Crippen molar-refractivity contribution in [1.29, 1.82) is 0 Å². The molecule has 0 aliphatic rings. The molecule has 2 aromatic rings. The van der Waals surface area contributed by atoms with Crippen LogP contribution in [0.4, 0.5) is 23.2 Å². The minimum Gasteiger partial charge on any atom is -0.322 e. The van der Waals surface area contributed by atoms with Gasteiger partial charge in [-0.15, -0.1) is 0 Å². The first-order chi connectivity index (χ1) is 10.3. The minimum absolute atomic E-state index is 0.294. The van der Waals surface area contributed by atoms with E-state index >= 15 is 0 Å². The molecule has 1 amide bonds. The topological polar surface area (TPSA) is 29.1 Å². The fourth-order valence-electron chi connectivity index (χ4n) is 1.71. The highest BCUT2D eigenvalue weighted by atomic mass is 19.4. The first-order valence-electron chi connectivity index (χ1n) is 6.26. The molecule has 0 fully saturated rings. The summed E-state index contributed by atoms with van der Waals surface area (Å²) in [5.41, 5.74) is -0.0154. The third-order valence-electron chi connectivity index (χ3n) is 2.76. The molecule has 0 aromatic heterocycles. The van der Waals surface area contributed by atoms with Crippen molar-refractivity contribution < 1.29 is 22.4 Å². The van der Waals surface area contributed by atoms with Gasteiger partial charge in [0.15, 0.2) is 0 Å². The molecule has 0 aliphatic carbocycles. The maximum atomic E-state index is 12.9. The molecular weight excluding hydrogens is 298 g/mol. The standard InChI is InChI=1S/C16H11F4NO/c17-13-2-1-3-14(10-13)21-15(22)9-6-11-4-7-12(8-5-11)16(18,19)20/h1-10H,(H,21,22)/b9-6+. The molecule has 0 bridgehead atoms. The van der Waals surface area contributed by atoms with E-state index in [4.69, 9.17) is 0 Å². The molecule has 2 nitrogen and oxygen atoms in total. The van der Waals surface area contributed by atoms with Crippen LogP contribution in [-0.2, 0) is 11.0 Å². The van der Waals surface area contributed by atoms with Crippen LogP contribution >= 0.6 is 0 Å². The fourth-order valence-corrected chi connectivity index (χ4v) is 1.71. The highest BCUT2D eigenvalue weighted by Crippen LogP contribution is 2.29. The Bertz CT molecular complexity index is 690. The van der Waals surface area contributed by atoms with E-state index in [1.54, 1.807) is 0 Å². The SMILES string of the molecule is O=C(/C=C/c1ccc(C(F)(F)F)cc1)Nc1cccc(F)c1. The summed E-state index contributed by atoms with van der Waals surface area (Å²) >= 11 is 0. The van der Waals surface area contributed by atoms with E-state index in [0.29, 0.717) is 11.3 Å². The van der Waals surface area contributed by atoms with Gasteiger partial charge in [-0.2, -0.15) is 13.2 Å². The molecule has 0 heterocycles. The second-order valence-corrected chi connectivity index (χ2v) is 4.45. The van der Waals surface area contributed by atoms with Crippen LogP contribution in [0, 0.1) is 5.82 Å². The summed E-state index contributed by atoms with van der Waals surface area (Å²) in [6.07, 6.45) is -1.86. The summed E-state index contributed by atoms with van der Waals surface area (Å²) in [4.78, 5) is 11.6. The van der Waals surface area contributed by atoms with Gasteiger partial charge in [0.25, 0.3) is 0 Å². The zero-order valence-corrected chi connectivity index (χ0v) is 11.2. The molecule has 114 valence electrons. The summed E-state index contributed by atoms with van der Waals surface area (Å²) in [7, 11) is 0. The number of carbonyl (C=O) groups is 1. The molecule has 1 N–H and O–H groups in total. The quantitative estimate of drug-likeness (QED) is 0.656. The van der Waals surface area contributed by atoms with Crippen LogP contribution in [0.2, 0.25) is 0 Å². The summed E-state index contributed by atoms with van der Waals surface area (Å²) in [6, 6.07) is 9.76. The fraction of sp³-hybridized carbons (Fsp3) is 0.0625. The molecule has 0 spiro atoms. The van der Waals surface area contributed by atoms with Crippen molar-refractivity contribution in [3.05, 3.63) is 71.6 Å². The van der Waals surface area contributed by atoms with Crippen molar-refractivity contribution in [2.24, 2.45) is 0 Å². The lowest BCUT2D eigenvalue weighted by Gasteiger charge is -2.06. The van der Waals surface area contributed by atoms with E-state index in [9.17, 15) is 22.4 Å². The van der Waals surface area contributed by atoms with Crippen LogP contribution in [-0.4, -0.2) is 5.91 Å². The second kappa shape index (κ2) is 6.43. The number of carbonyl (C=O) groups excluding carboxylic acids is 1. The monoisotopic (exact) mass is 309 g/mol. The minimum atomic E-state index is -4.39. The van der Waals surface area contributed by atoms with Gasteiger partial charge in [0.1, 0.15) is 5.82 Å². The molecule has 6 heteroatoms. The number of rotatable bonds is 3. The van der Waals surface area contributed by atoms with Gasteiger partial charge in [0.05, 0.1) is 5.56 Å². The molecule has 0 unspecified atom stereocenters. The van der Waals surface area contributed by atoms with Crippen LogP contribution in [0.1, 0.15) is 11.1 Å². The van der Waals surface area contributed by atoms with Crippen molar-refractivity contribution in [3.8, 4) is 0 Å². The van der Waals surface area contributed by atoms with Crippen LogP contribution < -0.4 is 5.32 Å². The Morgan fingerprint density at radius 2 is 1.73 bits per heavy atom. The maximum absolute atomic E-state index is 12.9. The van der Waals surface area contributed by atoms with Gasteiger partial charge in [-0.3, -0.25) is 4.79 Å². The van der Waals surface area contributed by atoms with Crippen molar-refractivity contribution in [2.75, 3.05) is 5.32 Å². The van der Waals surface area contributed by atoms with Crippen LogP contribution in [0.3, 0.4) is 0 Å². The molecule has 0 saturated heterocycles. The van der Waals surface area contributed by atoms with Gasteiger partial charge < -0.3 is 5.32 Å². The Hall–Kier alpha value is -2.63. The van der Waals surface area contributed by atoms with Gasteiger partial charge in [-0.25, -0.2) is 4.39 Å². The third kappa shape index (κ3) is 4.44. The highest BCUT2D eigenvalue weighted by molar-refractivity contribution is 6.01. The average Bonchev–Trinajstić information content (AvgIpc) is 2.45. The number of benzene rings is 2. The number of halogens is 4. The molecule has 0 radical (unpaired) electrons. The van der Waals surface area contributed by atoms with Crippen molar-refractivity contribution in [1.82, 2.24) is 0 Å². The summed E-state index contributed by atoms with van der Waals surface area (Å²) in [5, 5.41) is 2.44. The lowest BCUT2D eigenvalue weighted by Crippen LogP contribution is -2.07. The smallest absolute Gasteiger partial charge is 0.322 e. The Balaban J connectivity index is 2.00. The van der Waals surface area contributed by atoms with Crippen LogP contribution in [0.15, 0.2) is 54.6 Å². The van der Waals surface area contributed by atoms with Gasteiger partial charge in [0, 0.05) is 11.8 Å². The third-order valence-corrected chi connectivity index (χ3v) is 2.76. The average molecular weight is 309 g/mol. The van der Waals surface area contributed by atoms with Crippen molar-refractivity contribution >= 4 is 17.7 Å². The van der Waals surface area contributed by atoms with E-state index in [1.165, 1.54) is 36.4 Å². The Morgan fingerprint density at radius 1 is 1.05 bits per heavy atom. The van der Waals surface area contributed by atoms with E-state index in [2.05, 4.69) is 5.32 Å². The number of hydrogen-bond acceptors (Lipinski definition) is 1. The summed E-state index contributed by atoms with van der Waals surface area (Å²) in [5.74, 6) is -0.991. The van der Waals surface area contributed by atoms with Gasteiger partial charge in [0.2, 0.25) is 5.91 Å². The number of hydrogen-bond donors (Lipinski definition) is 1. The van der Waals surface area contributed by atoms with E-state index < -0.39 is 23.5 Å². The molecule has 0 saturated carbocycles. The lowest BCUT2D eigenvalue weighted by atomic mass is 10.1. The number of nitrogens with one attached hydrogen (secondary N) is 1. The van der Waals surface area contributed by atoms with Crippen LogP contribution in [0.5, 0.6) is 0 Å². The number of amides is 1. The van der Waals surface area contributed by atoms with E-state index in [1.807, 2.05) is 0 Å². The Labute approximate surface area is 124 Å². The first kappa shape index (κ1) is 15.8. The zero-order chi connectivity index (χ0) is 16.2. The summed E-state index contributed by atoms with van der Waals surface area (Å²) in [6.45, 7) is 0. The number of anilines is 1. The van der Waals surface area contributed by atoms with Gasteiger partial charge in [-0.1, -0.05) is 18.2 Å². The van der Waals surface area contributed by atoms with Crippen LogP contribution in [0.25, 0.3) is 6.08 Å². The van der Waals surface area contributed by atoms with E-state index in [0.717, 1.165) is 24.3 Å². The lowest BCUT2D eigenvalue weighted by molar-refractivity contribution is -0.137. The number of alkyl halides is 3. The van der Waals surface area contributed by atoms with E-state index in [-0.39, 0.29) is 0 Å². The molecule has 0 atom stereocenters. The zero-order valence-electron chi connectivity index (χ0n) is 11.2. The first-order valence-corrected chi connectivity index (χ1v) is 6.26. The molecule has 2 rings (SSSR count). The van der Waals surface area contributed by atoms with Crippen molar-refractivity contribution in [2.45, 2.75) is 6.18 Å². The van der Waals surface area contributed by atoms with Gasteiger partial charge >= 0.3 is 6.18 Å². The predicted molar refractivity (Wildman–Crippen MR) is 75.5 cm³/mol. The predicted octanol–water partition coefficient (Wildman–Crippen LogP) is 4.50. The second-order valence-electron chi connectivity index (χ2n) is 4.45.